The van der Waals surface area contributed by atoms with Crippen molar-refractivity contribution >= 4 is 19.8 Å². The first kappa shape index (κ1) is 51.7. The zero-order valence-electron chi connectivity index (χ0n) is 34.9. The van der Waals surface area contributed by atoms with Crippen molar-refractivity contribution in [2.45, 2.75) is 161 Å². The molecule has 2 atom stereocenters. The molecule has 0 radical (unpaired) electrons. The first-order valence-electron chi connectivity index (χ1n) is 21.0. The van der Waals surface area contributed by atoms with Gasteiger partial charge in [0.15, 0.2) is 6.10 Å². The lowest BCUT2D eigenvalue weighted by Crippen LogP contribution is -2.37. The minimum atomic E-state index is -4.63. The number of carbonyl (C=O) groups excluding carboxylic acids is 2. The minimum Gasteiger partial charge on any atom is -0.756 e. The van der Waals surface area contributed by atoms with Crippen LogP contribution < -0.4 is 4.89 Å². The quantitative estimate of drug-likeness (QED) is 0.0153. The van der Waals surface area contributed by atoms with Crippen LogP contribution in [0.5, 0.6) is 0 Å². The normalized spacial score (nSPS) is 14.3. The van der Waals surface area contributed by atoms with Crippen LogP contribution in [0, 0.1) is 0 Å². The number of unbranched alkanes of at least 4 members (excludes halogenated alkanes) is 16. The van der Waals surface area contributed by atoms with Crippen molar-refractivity contribution in [3.8, 4) is 0 Å². The molecule has 0 aromatic rings. The lowest BCUT2D eigenvalue weighted by atomic mass is 10.1. The van der Waals surface area contributed by atoms with E-state index in [1.165, 1.54) is 44.9 Å². The van der Waals surface area contributed by atoms with Gasteiger partial charge in [-0.15, -0.1) is 0 Å². The van der Waals surface area contributed by atoms with E-state index in [9.17, 15) is 19.0 Å². The van der Waals surface area contributed by atoms with Crippen molar-refractivity contribution in [2.75, 3.05) is 47.5 Å². The van der Waals surface area contributed by atoms with Gasteiger partial charge in [-0.1, -0.05) is 145 Å². The maximum absolute atomic E-state index is 12.6. The Balaban J connectivity index is 4.45. The molecule has 54 heavy (non-hydrogen) atoms. The summed E-state index contributed by atoms with van der Waals surface area (Å²) in [6.07, 6.45) is 42.4. The summed E-state index contributed by atoms with van der Waals surface area (Å²) in [6.45, 7) is 4.02. The number of rotatable bonds is 37. The molecule has 1 unspecified atom stereocenters. The van der Waals surface area contributed by atoms with Crippen LogP contribution in [0.2, 0.25) is 0 Å². The molecule has 0 aromatic carbocycles. The third kappa shape index (κ3) is 39.4. The van der Waals surface area contributed by atoms with Gasteiger partial charge >= 0.3 is 11.9 Å². The number of likely N-dealkylation sites (N-methyl/N-ethyl adjacent to an activating group) is 1. The van der Waals surface area contributed by atoms with Crippen molar-refractivity contribution < 1.29 is 42.1 Å². The van der Waals surface area contributed by atoms with E-state index in [2.05, 4.69) is 44.2 Å². The fraction of sp³-hybridized carbons (Fsp3) is 0.727. The van der Waals surface area contributed by atoms with E-state index >= 15 is 0 Å². The molecule has 0 spiro atoms. The van der Waals surface area contributed by atoms with Gasteiger partial charge in [0.25, 0.3) is 7.82 Å². The third-order valence-electron chi connectivity index (χ3n) is 8.62. The molecule has 0 heterocycles. The lowest BCUT2D eigenvalue weighted by Gasteiger charge is -2.28. The summed E-state index contributed by atoms with van der Waals surface area (Å²) < 4.78 is 33.8. The average molecular weight is 780 g/mol. The first-order valence-corrected chi connectivity index (χ1v) is 22.5. The van der Waals surface area contributed by atoms with Gasteiger partial charge in [-0.3, -0.25) is 14.2 Å². The Hall–Kier alpha value is -2.29. The van der Waals surface area contributed by atoms with Crippen molar-refractivity contribution in [2.24, 2.45) is 0 Å². The number of phosphoric acid groups is 1. The van der Waals surface area contributed by atoms with Gasteiger partial charge in [-0.05, 0) is 57.8 Å². The van der Waals surface area contributed by atoms with Crippen LogP contribution in [-0.4, -0.2) is 70.0 Å². The topological polar surface area (TPSA) is 111 Å². The number of ether oxygens (including phenoxy) is 2. The maximum atomic E-state index is 12.6. The molecule has 9 nitrogen and oxygen atoms in total. The van der Waals surface area contributed by atoms with E-state index in [4.69, 9.17) is 18.5 Å². The first-order chi connectivity index (χ1) is 26.0. The molecule has 312 valence electrons. The molecule has 0 aromatic heterocycles. The molecule has 0 aliphatic carbocycles. The number of quaternary nitrogens is 1. The number of carbonyl (C=O) groups is 2. The Morgan fingerprint density at radius 1 is 0.593 bits per heavy atom. The maximum Gasteiger partial charge on any atom is 0.306 e. The predicted octanol–water partition coefficient (Wildman–Crippen LogP) is 11.1. The summed E-state index contributed by atoms with van der Waals surface area (Å²) in [5.41, 5.74) is 0. The fourth-order valence-corrected chi connectivity index (χ4v) is 6.03. The second-order valence-electron chi connectivity index (χ2n) is 15.1. The smallest absolute Gasteiger partial charge is 0.306 e. The third-order valence-corrected chi connectivity index (χ3v) is 9.58. The van der Waals surface area contributed by atoms with E-state index in [1.807, 2.05) is 51.5 Å². The zero-order valence-corrected chi connectivity index (χ0v) is 35.8. The van der Waals surface area contributed by atoms with Gasteiger partial charge in [0.05, 0.1) is 27.7 Å². The van der Waals surface area contributed by atoms with Crippen LogP contribution in [0.4, 0.5) is 0 Å². The van der Waals surface area contributed by atoms with E-state index in [-0.39, 0.29) is 26.1 Å². The predicted molar refractivity (Wildman–Crippen MR) is 222 cm³/mol. The van der Waals surface area contributed by atoms with Crippen LogP contribution in [0.25, 0.3) is 0 Å². The van der Waals surface area contributed by atoms with Gasteiger partial charge < -0.3 is 27.9 Å². The van der Waals surface area contributed by atoms with E-state index in [0.717, 1.165) is 70.6 Å². The molecule has 0 saturated heterocycles. The number of hydrogen-bond acceptors (Lipinski definition) is 8. The van der Waals surface area contributed by atoms with Crippen molar-refractivity contribution in [1.82, 2.24) is 0 Å². The highest BCUT2D eigenvalue weighted by Gasteiger charge is 2.21. The molecule has 0 aliphatic rings. The largest absolute Gasteiger partial charge is 0.756 e. The SMILES string of the molecule is CC/C=C/C=C/C=C/C=C/CCCCCCCC(=O)O[C@H](COC(=O)CCCCCCC/C=C/CCCCCCCC)COP(=O)([O-])OCC[N+](C)(C)C. The molecule has 10 heteroatoms. The molecule has 0 bridgehead atoms. The van der Waals surface area contributed by atoms with Crippen molar-refractivity contribution in [3.63, 3.8) is 0 Å². The minimum absolute atomic E-state index is 0.0399. The second kappa shape index (κ2) is 36.4. The van der Waals surface area contributed by atoms with Gasteiger partial charge in [-0.25, -0.2) is 0 Å². The summed E-state index contributed by atoms with van der Waals surface area (Å²) in [5.74, 6) is -0.877. The molecule has 0 N–H and O–H groups in total. The number of allylic oxidation sites excluding steroid dienone is 10. The Kier molecular flexibility index (Phi) is 34.8. The molecule has 0 amide bonds. The monoisotopic (exact) mass is 780 g/mol. The van der Waals surface area contributed by atoms with Gasteiger partial charge in [0.2, 0.25) is 0 Å². The highest BCUT2D eigenvalue weighted by atomic mass is 31.2. The Morgan fingerprint density at radius 2 is 1.07 bits per heavy atom. The van der Waals surface area contributed by atoms with Crippen LogP contribution in [0.15, 0.2) is 60.8 Å². The van der Waals surface area contributed by atoms with Crippen molar-refractivity contribution in [3.05, 3.63) is 60.8 Å². The number of hydrogen-bond donors (Lipinski definition) is 0. The summed E-state index contributed by atoms with van der Waals surface area (Å²) in [4.78, 5) is 37.5. The number of esters is 2. The van der Waals surface area contributed by atoms with Crippen LogP contribution >= 0.6 is 7.82 Å². The van der Waals surface area contributed by atoms with E-state index in [0.29, 0.717) is 23.9 Å². The van der Waals surface area contributed by atoms with E-state index < -0.39 is 32.5 Å². The van der Waals surface area contributed by atoms with Gasteiger partial charge in [0.1, 0.15) is 19.8 Å². The standard InChI is InChI=1S/C44H78NO8P/c1-6-8-10-12-14-16-18-20-22-24-26-28-30-32-34-36-43(46)50-40-42(41-52-54(48,49)51-39-38-45(3,4)5)53-44(47)37-35-33-31-29-27-25-23-21-19-17-15-13-11-9-7-2/h9,11,13,15,17,19-23,42H,6-8,10,12,14,16,18,24-41H2,1-5H3/b11-9+,15-13+,19-17+,22-20+,23-21+/t42-/m1/s1. The summed E-state index contributed by atoms with van der Waals surface area (Å²) >= 11 is 0. The highest BCUT2D eigenvalue weighted by molar-refractivity contribution is 7.45. The lowest BCUT2D eigenvalue weighted by molar-refractivity contribution is -0.870. The van der Waals surface area contributed by atoms with Gasteiger partial charge in [0, 0.05) is 12.8 Å². The van der Waals surface area contributed by atoms with Crippen LogP contribution in [-0.2, 0) is 32.7 Å². The Bertz CT molecular complexity index is 1110. The van der Waals surface area contributed by atoms with E-state index in [1.54, 1.807) is 0 Å². The molecule has 0 aliphatic heterocycles. The Morgan fingerprint density at radius 3 is 1.63 bits per heavy atom. The second-order valence-corrected chi connectivity index (χ2v) is 16.5. The highest BCUT2D eigenvalue weighted by Crippen LogP contribution is 2.38. The molecule has 0 saturated carbocycles. The average Bonchev–Trinajstić information content (AvgIpc) is 3.12. The fourth-order valence-electron chi connectivity index (χ4n) is 5.31. The summed E-state index contributed by atoms with van der Waals surface area (Å²) in [5, 5.41) is 0. The number of phosphoric ester groups is 1. The summed E-state index contributed by atoms with van der Waals surface area (Å²) in [7, 11) is 1.13. The zero-order chi connectivity index (χ0) is 40.0. The Labute approximate surface area is 330 Å². The molecule has 0 rings (SSSR count). The van der Waals surface area contributed by atoms with Crippen molar-refractivity contribution in [1.29, 1.82) is 0 Å². The molecule has 0 fully saturated rings. The van der Waals surface area contributed by atoms with Gasteiger partial charge in [-0.2, -0.15) is 0 Å². The van der Waals surface area contributed by atoms with Crippen LogP contribution in [0.3, 0.4) is 0 Å². The molecular weight excluding hydrogens is 701 g/mol. The molecular formula is C44H78NO8P. The van der Waals surface area contributed by atoms with Crippen LogP contribution in [0.1, 0.15) is 155 Å². The summed E-state index contributed by atoms with van der Waals surface area (Å²) in [6, 6.07) is 0. The number of nitrogens with zero attached hydrogens (tertiary/aromatic N) is 1.